The Balaban J connectivity index is 2.32. The van der Waals surface area contributed by atoms with Crippen molar-refractivity contribution < 1.29 is 14.2 Å². The Morgan fingerprint density at radius 1 is 1.35 bits per heavy atom. The summed E-state index contributed by atoms with van der Waals surface area (Å²) in [4.78, 5) is 0. The van der Waals surface area contributed by atoms with Crippen molar-refractivity contribution in [2.75, 3.05) is 19.8 Å². The molecule has 1 aliphatic rings. The fourth-order valence-electron chi connectivity index (χ4n) is 1.86. The highest BCUT2D eigenvalue weighted by atomic mass is 35.5. The Labute approximate surface area is 107 Å². The van der Waals surface area contributed by atoms with Crippen LogP contribution in [0.4, 0.5) is 0 Å². The SMILES string of the molecule is CCCOc1ccc(Cl)cc1C1(C)OCCO1. The molecule has 0 spiro atoms. The molecule has 3 nitrogen and oxygen atoms in total. The van der Waals surface area contributed by atoms with E-state index in [1.54, 1.807) is 0 Å². The Kier molecular flexibility index (Phi) is 3.92. The van der Waals surface area contributed by atoms with Crippen LogP contribution < -0.4 is 4.74 Å². The normalized spacial score (nSPS) is 18.3. The highest BCUT2D eigenvalue weighted by Crippen LogP contribution is 2.38. The molecule has 0 radical (unpaired) electrons. The van der Waals surface area contributed by atoms with Crippen LogP contribution in [0.2, 0.25) is 5.02 Å². The van der Waals surface area contributed by atoms with Gasteiger partial charge in [-0.1, -0.05) is 18.5 Å². The second kappa shape index (κ2) is 5.25. The van der Waals surface area contributed by atoms with Gasteiger partial charge in [0.25, 0.3) is 0 Å². The number of hydrogen-bond donors (Lipinski definition) is 0. The molecule has 0 bridgehead atoms. The Morgan fingerprint density at radius 3 is 2.71 bits per heavy atom. The van der Waals surface area contributed by atoms with E-state index in [1.165, 1.54) is 0 Å². The predicted octanol–water partition coefficient (Wildman–Crippen LogP) is 3.35. The average Bonchev–Trinajstić information content (AvgIpc) is 2.76. The molecule has 1 saturated heterocycles. The first-order valence-electron chi connectivity index (χ1n) is 5.86. The summed E-state index contributed by atoms with van der Waals surface area (Å²) in [6.07, 6.45) is 0.959. The molecule has 1 aromatic carbocycles. The van der Waals surface area contributed by atoms with E-state index in [2.05, 4.69) is 6.92 Å². The van der Waals surface area contributed by atoms with E-state index in [-0.39, 0.29) is 0 Å². The molecule has 1 aliphatic heterocycles. The Bertz CT molecular complexity index is 386. The van der Waals surface area contributed by atoms with Gasteiger partial charge in [-0.3, -0.25) is 0 Å². The van der Waals surface area contributed by atoms with Crippen LogP contribution in [-0.2, 0) is 15.3 Å². The summed E-state index contributed by atoms with van der Waals surface area (Å²) in [5.41, 5.74) is 0.857. The number of halogens is 1. The van der Waals surface area contributed by atoms with Crippen LogP contribution in [0.25, 0.3) is 0 Å². The lowest BCUT2D eigenvalue weighted by molar-refractivity contribution is -0.150. The van der Waals surface area contributed by atoms with Crippen molar-refractivity contribution >= 4 is 11.6 Å². The standard InChI is InChI=1S/C13H17ClO3/c1-3-6-15-12-5-4-10(14)9-11(12)13(2)16-7-8-17-13/h4-5,9H,3,6-8H2,1-2H3. The monoisotopic (exact) mass is 256 g/mol. The average molecular weight is 257 g/mol. The van der Waals surface area contributed by atoms with Crippen molar-refractivity contribution in [3.8, 4) is 5.75 Å². The van der Waals surface area contributed by atoms with Crippen LogP contribution in [-0.4, -0.2) is 19.8 Å². The molecule has 2 rings (SSSR count). The van der Waals surface area contributed by atoms with E-state index < -0.39 is 5.79 Å². The zero-order valence-corrected chi connectivity index (χ0v) is 10.9. The van der Waals surface area contributed by atoms with Gasteiger partial charge in [-0.05, 0) is 31.5 Å². The smallest absolute Gasteiger partial charge is 0.195 e. The molecule has 1 aromatic rings. The summed E-state index contributed by atoms with van der Waals surface area (Å²) in [6, 6.07) is 5.52. The molecule has 17 heavy (non-hydrogen) atoms. The van der Waals surface area contributed by atoms with Gasteiger partial charge < -0.3 is 14.2 Å². The zero-order valence-electron chi connectivity index (χ0n) is 10.2. The molecule has 94 valence electrons. The van der Waals surface area contributed by atoms with Crippen LogP contribution in [0.1, 0.15) is 25.8 Å². The molecule has 0 aliphatic carbocycles. The first-order valence-corrected chi connectivity index (χ1v) is 6.24. The van der Waals surface area contributed by atoms with Crippen LogP contribution in [0.3, 0.4) is 0 Å². The van der Waals surface area contributed by atoms with Crippen molar-refractivity contribution in [1.82, 2.24) is 0 Å². The van der Waals surface area contributed by atoms with E-state index >= 15 is 0 Å². The molecule has 0 amide bonds. The zero-order chi connectivity index (χ0) is 12.3. The Morgan fingerprint density at radius 2 is 2.06 bits per heavy atom. The second-order valence-electron chi connectivity index (χ2n) is 4.13. The van der Waals surface area contributed by atoms with Crippen molar-refractivity contribution in [3.63, 3.8) is 0 Å². The summed E-state index contributed by atoms with van der Waals surface area (Å²) in [5.74, 6) is 0.0363. The van der Waals surface area contributed by atoms with E-state index in [4.69, 9.17) is 25.8 Å². The van der Waals surface area contributed by atoms with Gasteiger partial charge >= 0.3 is 0 Å². The Hall–Kier alpha value is -0.770. The number of hydrogen-bond acceptors (Lipinski definition) is 3. The predicted molar refractivity (Wildman–Crippen MR) is 66.5 cm³/mol. The van der Waals surface area contributed by atoms with Crippen LogP contribution in [0, 0.1) is 0 Å². The lowest BCUT2D eigenvalue weighted by atomic mass is 10.1. The maximum Gasteiger partial charge on any atom is 0.195 e. The molecule has 0 N–H and O–H groups in total. The molecule has 0 unspecified atom stereocenters. The van der Waals surface area contributed by atoms with E-state index in [0.29, 0.717) is 24.8 Å². The first-order chi connectivity index (χ1) is 8.15. The molecular weight excluding hydrogens is 240 g/mol. The summed E-state index contributed by atoms with van der Waals surface area (Å²) >= 11 is 6.02. The van der Waals surface area contributed by atoms with Gasteiger partial charge in [0.15, 0.2) is 5.79 Å². The second-order valence-corrected chi connectivity index (χ2v) is 4.57. The molecule has 1 fully saturated rings. The molecule has 1 heterocycles. The van der Waals surface area contributed by atoms with Gasteiger partial charge in [0, 0.05) is 5.02 Å². The lowest BCUT2D eigenvalue weighted by Gasteiger charge is -2.25. The number of rotatable bonds is 4. The van der Waals surface area contributed by atoms with Gasteiger partial charge in [0.05, 0.1) is 25.4 Å². The van der Waals surface area contributed by atoms with Gasteiger partial charge in [-0.15, -0.1) is 0 Å². The van der Waals surface area contributed by atoms with Crippen LogP contribution >= 0.6 is 11.6 Å². The van der Waals surface area contributed by atoms with Crippen LogP contribution in [0.5, 0.6) is 5.75 Å². The summed E-state index contributed by atoms with van der Waals surface area (Å²) in [7, 11) is 0. The fraction of sp³-hybridized carbons (Fsp3) is 0.538. The third-order valence-corrected chi connectivity index (χ3v) is 2.97. The van der Waals surface area contributed by atoms with Gasteiger partial charge in [0.2, 0.25) is 0 Å². The molecule has 4 heteroatoms. The first kappa shape index (κ1) is 12.7. The third-order valence-electron chi connectivity index (χ3n) is 2.73. The van der Waals surface area contributed by atoms with E-state index in [9.17, 15) is 0 Å². The van der Waals surface area contributed by atoms with Crippen LogP contribution in [0.15, 0.2) is 18.2 Å². The minimum Gasteiger partial charge on any atom is -0.493 e. The maximum atomic E-state index is 6.02. The summed E-state index contributed by atoms with van der Waals surface area (Å²) in [6.45, 7) is 5.82. The topological polar surface area (TPSA) is 27.7 Å². The summed E-state index contributed by atoms with van der Waals surface area (Å²) < 4.78 is 17.0. The minimum atomic E-state index is -0.742. The lowest BCUT2D eigenvalue weighted by Crippen LogP contribution is -2.23. The summed E-state index contributed by atoms with van der Waals surface area (Å²) in [5, 5.41) is 0.657. The molecule has 0 saturated carbocycles. The van der Waals surface area contributed by atoms with Crippen molar-refractivity contribution in [2.45, 2.75) is 26.1 Å². The van der Waals surface area contributed by atoms with E-state index in [0.717, 1.165) is 17.7 Å². The minimum absolute atomic E-state index is 0.593. The van der Waals surface area contributed by atoms with E-state index in [1.807, 2.05) is 25.1 Å². The molecular formula is C13H17ClO3. The quantitative estimate of drug-likeness (QED) is 0.827. The highest BCUT2D eigenvalue weighted by molar-refractivity contribution is 6.30. The van der Waals surface area contributed by atoms with Crippen molar-refractivity contribution in [1.29, 1.82) is 0 Å². The molecule has 0 aromatic heterocycles. The highest BCUT2D eigenvalue weighted by Gasteiger charge is 2.36. The largest absolute Gasteiger partial charge is 0.493 e. The van der Waals surface area contributed by atoms with Crippen molar-refractivity contribution in [2.24, 2.45) is 0 Å². The van der Waals surface area contributed by atoms with Crippen molar-refractivity contribution in [3.05, 3.63) is 28.8 Å². The fourth-order valence-corrected chi connectivity index (χ4v) is 2.04. The maximum absolute atomic E-state index is 6.02. The van der Waals surface area contributed by atoms with Gasteiger partial charge in [-0.25, -0.2) is 0 Å². The number of ether oxygens (including phenoxy) is 3. The third kappa shape index (κ3) is 2.73. The molecule has 0 atom stereocenters. The number of benzene rings is 1. The van der Waals surface area contributed by atoms with Gasteiger partial charge in [-0.2, -0.15) is 0 Å². The van der Waals surface area contributed by atoms with Gasteiger partial charge in [0.1, 0.15) is 5.75 Å².